The number of hydrogen-bond donors (Lipinski definition) is 0. The minimum atomic E-state index is -0.389. The van der Waals surface area contributed by atoms with E-state index in [-0.39, 0.29) is 11.4 Å². The molecule has 0 aliphatic heterocycles. The standard InChI is InChI=1S/C34H34Cl2O3/c1-2-38-32(37)11-8-23-15-29(35)33(30(36)16-23)27-9-10-31(39-21-22-6-4-3-5-7-22)28(17-27)34-18-24-12-25(19-34)14-26(13-24)20-34/h3-11,15-17,24-26H,2,12-14,18-21H2,1H3/b11-8+. The van der Waals surface area contributed by atoms with Crippen LogP contribution >= 0.6 is 23.2 Å². The first-order valence-electron chi connectivity index (χ1n) is 14.1. The van der Waals surface area contributed by atoms with Crippen LogP contribution in [0.25, 0.3) is 17.2 Å². The Morgan fingerprint density at radius 2 is 1.56 bits per heavy atom. The summed E-state index contributed by atoms with van der Waals surface area (Å²) in [7, 11) is 0. The Hall–Kier alpha value is -2.75. The average Bonchev–Trinajstić information content (AvgIpc) is 2.91. The molecule has 202 valence electrons. The van der Waals surface area contributed by atoms with Crippen molar-refractivity contribution in [3.63, 3.8) is 0 Å². The maximum atomic E-state index is 11.8. The third-order valence-electron chi connectivity index (χ3n) is 8.88. The molecule has 0 heterocycles. The van der Waals surface area contributed by atoms with Gasteiger partial charge in [0.15, 0.2) is 0 Å². The zero-order chi connectivity index (χ0) is 27.0. The van der Waals surface area contributed by atoms with E-state index < -0.39 is 0 Å². The summed E-state index contributed by atoms with van der Waals surface area (Å²) in [6, 6.07) is 20.5. The lowest BCUT2D eigenvalue weighted by Gasteiger charge is -2.57. The molecule has 3 aromatic rings. The molecule has 0 aromatic heterocycles. The molecule has 4 aliphatic rings. The van der Waals surface area contributed by atoms with Crippen LogP contribution < -0.4 is 4.74 Å². The van der Waals surface area contributed by atoms with Gasteiger partial charge < -0.3 is 9.47 Å². The normalized spacial score (nSPS) is 25.3. The highest BCUT2D eigenvalue weighted by Gasteiger charge is 2.52. The van der Waals surface area contributed by atoms with Gasteiger partial charge in [-0.05, 0) is 116 Å². The Labute approximate surface area is 241 Å². The highest BCUT2D eigenvalue weighted by molar-refractivity contribution is 6.39. The van der Waals surface area contributed by atoms with E-state index in [1.54, 1.807) is 13.0 Å². The van der Waals surface area contributed by atoms with E-state index in [0.29, 0.717) is 23.3 Å². The van der Waals surface area contributed by atoms with Gasteiger partial charge in [0.25, 0.3) is 0 Å². The summed E-state index contributed by atoms with van der Waals surface area (Å²) in [5, 5.41) is 1.11. The number of benzene rings is 3. The van der Waals surface area contributed by atoms with Gasteiger partial charge >= 0.3 is 5.97 Å². The molecular formula is C34H34Cl2O3. The zero-order valence-corrected chi connectivity index (χ0v) is 23.8. The first-order chi connectivity index (χ1) is 18.9. The van der Waals surface area contributed by atoms with Crippen LogP contribution in [-0.4, -0.2) is 12.6 Å². The number of ether oxygens (including phenoxy) is 2. The minimum absolute atomic E-state index is 0.151. The van der Waals surface area contributed by atoms with E-state index in [1.165, 1.54) is 50.2 Å². The maximum Gasteiger partial charge on any atom is 0.330 e. The second-order valence-electron chi connectivity index (χ2n) is 11.6. The first-order valence-corrected chi connectivity index (χ1v) is 14.8. The van der Waals surface area contributed by atoms with Gasteiger partial charge in [0.05, 0.1) is 16.7 Å². The topological polar surface area (TPSA) is 35.5 Å². The van der Waals surface area contributed by atoms with Crippen molar-refractivity contribution in [2.45, 2.75) is 57.5 Å². The third kappa shape index (κ3) is 5.49. The van der Waals surface area contributed by atoms with Crippen LogP contribution in [0.15, 0.2) is 66.7 Å². The Bertz CT molecular complexity index is 1340. The number of rotatable bonds is 8. The summed E-state index contributed by atoms with van der Waals surface area (Å²) in [5.74, 6) is 3.05. The number of hydrogen-bond acceptors (Lipinski definition) is 3. The number of esters is 1. The second-order valence-corrected chi connectivity index (χ2v) is 12.4. The van der Waals surface area contributed by atoms with Crippen LogP contribution in [0.4, 0.5) is 0 Å². The van der Waals surface area contributed by atoms with Gasteiger partial charge in [-0.2, -0.15) is 0 Å². The Kier molecular flexibility index (Phi) is 7.48. The lowest BCUT2D eigenvalue weighted by atomic mass is 9.48. The number of carbonyl (C=O) groups excluding carboxylic acids is 1. The summed E-state index contributed by atoms with van der Waals surface area (Å²) in [6.07, 6.45) is 11.0. The van der Waals surface area contributed by atoms with Gasteiger partial charge in [-0.1, -0.05) is 59.6 Å². The van der Waals surface area contributed by atoms with Crippen molar-refractivity contribution in [2.24, 2.45) is 17.8 Å². The van der Waals surface area contributed by atoms with Crippen molar-refractivity contribution < 1.29 is 14.3 Å². The molecule has 4 saturated carbocycles. The molecule has 0 saturated heterocycles. The highest BCUT2D eigenvalue weighted by atomic mass is 35.5. The van der Waals surface area contributed by atoms with Crippen LogP contribution in [0.1, 0.15) is 62.1 Å². The van der Waals surface area contributed by atoms with Gasteiger partial charge in [0, 0.05) is 17.2 Å². The average molecular weight is 562 g/mol. The fraction of sp³-hybridized carbons (Fsp3) is 0.382. The molecule has 0 spiro atoms. The Morgan fingerprint density at radius 1 is 0.923 bits per heavy atom. The van der Waals surface area contributed by atoms with Gasteiger partial charge in [-0.15, -0.1) is 0 Å². The Balaban J connectivity index is 1.37. The predicted octanol–water partition coefficient (Wildman–Crippen LogP) is 9.28. The van der Waals surface area contributed by atoms with E-state index in [9.17, 15) is 4.79 Å². The van der Waals surface area contributed by atoms with E-state index in [0.717, 1.165) is 45.8 Å². The molecule has 7 rings (SSSR count). The molecule has 0 N–H and O–H groups in total. The largest absolute Gasteiger partial charge is 0.489 e. The van der Waals surface area contributed by atoms with Gasteiger partial charge in [-0.25, -0.2) is 4.79 Å². The molecule has 0 atom stereocenters. The fourth-order valence-corrected chi connectivity index (χ4v) is 8.44. The summed E-state index contributed by atoms with van der Waals surface area (Å²) in [4.78, 5) is 11.8. The number of carbonyl (C=O) groups is 1. The first kappa shape index (κ1) is 26.5. The van der Waals surface area contributed by atoms with Crippen molar-refractivity contribution >= 4 is 35.2 Å². The molecule has 3 nitrogen and oxygen atoms in total. The predicted molar refractivity (Wildman–Crippen MR) is 158 cm³/mol. The van der Waals surface area contributed by atoms with E-state index >= 15 is 0 Å². The summed E-state index contributed by atoms with van der Waals surface area (Å²) in [6.45, 7) is 2.66. The van der Waals surface area contributed by atoms with E-state index in [4.69, 9.17) is 32.7 Å². The van der Waals surface area contributed by atoms with Gasteiger partial charge in [0.1, 0.15) is 12.4 Å². The quantitative estimate of drug-likeness (QED) is 0.203. The molecule has 4 bridgehead atoms. The minimum Gasteiger partial charge on any atom is -0.489 e. The molecule has 0 amide bonds. The van der Waals surface area contributed by atoms with Crippen LogP contribution in [-0.2, 0) is 21.6 Å². The highest BCUT2D eigenvalue weighted by Crippen LogP contribution is 2.62. The van der Waals surface area contributed by atoms with Crippen molar-refractivity contribution in [3.05, 3.63) is 93.5 Å². The molecule has 0 unspecified atom stereocenters. The fourth-order valence-electron chi connectivity index (χ4n) is 7.72. The van der Waals surface area contributed by atoms with Crippen LogP contribution in [0.5, 0.6) is 5.75 Å². The SMILES string of the molecule is CCOC(=O)/C=C/c1cc(Cl)c(-c2ccc(OCc3ccccc3)c(C34CC5CC(CC(C5)C3)C4)c2)c(Cl)c1. The van der Waals surface area contributed by atoms with Crippen LogP contribution in [0.3, 0.4) is 0 Å². The second kappa shape index (κ2) is 11.0. The van der Waals surface area contributed by atoms with Gasteiger partial charge in [-0.3, -0.25) is 0 Å². The smallest absolute Gasteiger partial charge is 0.330 e. The maximum absolute atomic E-state index is 11.8. The molecule has 4 aliphatic carbocycles. The van der Waals surface area contributed by atoms with Gasteiger partial charge in [0.2, 0.25) is 0 Å². The van der Waals surface area contributed by atoms with E-state index in [1.807, 2.05) is 18.2 Å². The lowest BCUT2D eigenvalue weighted by molar-refractivity contribution is -0.137. The van der Waals surface area contributed by atoms with Crippen molar-refractivity contribution in [2.75, 3.05) is 6.61 Å². The molecular weight excluding hydrogens is 527 g/mol. The third-order valence-corrected chi connectivity index (χ3v) is 9.47. The molecule has 3 aromatic carbocycles. The Morgan fingerprint density at radius 3 is 2.18 bits per heavy atom. The molecule has 5 heteroatoms. The number of halogens is 2. The van der Waals surface area contributed by atoms with E-state index in [2.05, 4.69) is 42.5 Å². The zero-order valence-electron chi connectivity index (χ0n) is 22.3. The van der Waals surface area contributed by atoms with Crippen molar-refractivity contribution in [1.29, 1.82) is 0 Å². The summed E-state index contributed by atoms with van der Waals surface area (Å²) >= 11 is 13.7. The van der Waals surface area contributed by atoms with Crippen molar-refractivity contribution in [3.8, 4) is 16.9 Å². The molecule has 0 radical (unpaired) electrons. The molecule has 4 fully saturated rings. The molecule has 39 heavy (non-hydrogen) atoms. The van der Waals surface area contributed by atoms with Crippen molar-refractivity contribution in [1.82, 2.24) is 0 Å². The summed E-state index contributed by atoms with van der Waals surface area (Å²) < 4.78 is 11.5. The lowest BCUT2D eigenvalue weighted by Crippen LogP contribution is -2.48. The summed E-state index contributed by atoms with van der Waals surface area (Å²) in [5.41, 5.74) is 5.20. The monoisotopic (exact) mass is 560 g/mol. The van der Waals surface area contributed by atoms with Crippen LogP contribution in [0, 0.1) is 17.8 Å². The van der Waals surface area contributed by atoms with Crippen LogP contribution in [0.2, 0.25) is 10.0 Å².